The van der Waals surface area contributed by atoms with Gasteiger partial charge in [0.15, 0.2) is 0 Å². The summed E-state index contributed by atoms with van der Waals surface area (Å²) in [6, 6.07) is 5.70. The Kier molecular flexibility index (Phi) is 8.14. The average Bonchev–Trinajstić information content (AvgIpc) is 2.58. The summed E-state index contributed by atoms with van der Waals surface area (Å²) in [5.74, 6) is -0.568. The zero-order chi connectivity index (χ0) is 18.0. The van der Waals surface area contributed by atoms with Gasteiger partial charge in [-0.3, -0.25) is 9.59 Å². The van der Waals surface area contributed by atoms with Crippen LogP contribution in [0.25, 0.3) is 0 Å². The second kappa shape index (κ2) is 9.84. The predicted molar refractivity (Wildman–Crippen MR) is 92.1 cm³/mol. The maximum absolute atomic E-state index is 12.1. The lowest BCUT2D eigenvalue weighted by Gasteiger charge is -2.08. The summed E-state index contributed by atoms with van der Waals surface area (Å²) in [6.45, 7) is 6.28. The Bertz CT molecular complexity index is 686. The van der Waals surface area contributed by atoms with Gasteiger partial charge in [-0.25, -0.2) is 13.1 Å². The summed E-state index contributed by atoms with van der Waals surface area (Å²) in [5, 5.41) is 5.31. The molecule has 2 amide bonds. The van der Waals surface area contributed by atoms with Gasteiger partial charge in [0.2, 0.25) is 15.9 Å². The number of carbonyl (C=O) groups is 2. The topological polar surface area (TPSA) is 104 Å². The van der Waals surface area contributed by atoms with Crippen molar-refractivity contribution in [3.05, 3.63) is 42.5 Å². The molecule has 0 aromatic heterocycles. The molecule has 1 aromatic rings. The van der Waals surface area contributed by atoms with Crippen LogP contribution in [0.15, 0.2) is 41.8 Å². The fourth-order valence-corrected chi connectivity index (χ4v) is 2.84. The van der Waals surface area contributed by atoms with Gasteiger partial charge in [0, 0.05) is 31.6 Å². The molecule has 1 aromatic carbocycles. The minimum absolute atomic E-state index is 0.00214. The first-order chi connectivity index (χ1) is 11.4. The Morgan fingerprint density at radius 1 is 1.21 bits per heavy atom. The Hall–Kier alpha value is -2.19. The lowest BCUT2D eigenvalue weighted by molar-refractivity contribution is -0.120. The molecule has 0 atom stereocenters. The quantitative estimate of drug-likeness (QED) is 0.541. The van der Waals surface area contributed by atoms with E-state index in [0.717, 1.165) is 6.42 Å². The minimum atomic E-state index is -3.69. The van der Waals surface area contributed by atoms with Crippen molar-refractivity contribution in [3.63, 3.8) is 0 Å². The monoisotopic (exact) mass is 353 g/mol. The molecule has 0 aliphatic heterocycles. The van der Waals surface area contributed by atoms with Crippen LogP contribution < -0.4 is 15.4 Å². The SMILES string of the molecule is C=CCNS(=O)(=O)c1cccc(C(=O)NCCC(=O)NCCC)c1. The third kappa shape index (κ3) is 6.51. The maximum atomic E-state index is 12.1. The predicted octanol–water partition coefficient (Wildman–Crippen LogP) is 0.797. The van der Waals surface area contributed by atoms with Gasteiger partial charge in [-0.05, 0) is 24.6 Å². The van der Waals surface area contributed by atoms with Crippen LogP contribution in [0.3, 0.4) is 0 Å². The molecule has 0 spiro atoms. The third-order valence-corrected chi connectivity index (χ3v) is 4.46. The van der Waals surface area contributed by atoms with Crippen LogP contribution in [0.2, 0.25) is 0 Å². The molecule has 8 heteroatoms. The van der Waals surface area contributed by atoms with E-state index >= 15 is 0 Å². The van der Waals surface area contributed by atoms with Gasteiger partial charge in [-0.2, -0.15) is 0 Å². The van der Waals surface area contributed by atoms with Crippen LogP contribution >= 0.6 is 0 Å². The van der Waals surface area contributed by atoms with E-state index in [1.165, 1.54) is 30.3 Å². The van der Waals surface area contributed by atoms with Gasteiger partial charge in [0.25, 0.3) is 5.91 Å². The number of hydrogen-bond donors (Lipinski definition) is 3. The molecule has 0 radical (unpaired) electrons. The summed E-state index contributed by atoms with van der Waals surface area (Å²) in [6.07, 6.45) is 2.45. The standard InChI is InChI=1S/C16H23N3O4S/c1-3-9-17-15(20)8-11-18-16(21)13-6-5-7-14(12-13)24(22,23)19-10-4-2/h4-7,12,19H,2-3,8-11H2,1H3,(H,17,20)(H,18,21). The number of benzene rings is 1. The van der Waals surface area contributed by atoms with Crippen LogP contribution in [0, 0.1) is 0 Å². The van der Waals surface area contributed by atoms with Crippen LogP contribution in [0.1, 0.15) is 30.1 Å². The summed E-state index contributed by atoms with van der Waals surface area (Å²) < 4.78 is 26.4. The van der Waals surface area contributed by atoms with E-state index in [4.69, 9.17) is 0 Å². The van der Waals surface area contributed by atoms with Gasteiger partial charge >= 0.3 is 0 Å². The molecule has 0 aliphatic rings. The lowest BCUT2D eigenvalue weighted by atomic mass is 10.2. The van der Waals surface area contributed by atoms with Crippen molar-refractivity contribution in [1.82, 2.24) is 15.4 Å². The van der Waals surface area contributed by atoms with Crippen molar-refractivity contribution in [2.24, 2.45) is 0 Å². The second-order valence-corrected chi connectivity index (χ2v) is 6.79. The van der Waals surface area contributed by atoms with Gasteiger partial charge in [-0.15, -0.1) is 6.58 Å². The van der Waals surface area contributed by atoms with E-state index in [1.54, 1.807) is 0 Å². The number of sulfonamides is 1. The highest BCUT2D eigenvalue weighted by atomic mass is 32.2. The van der Waals surface area contributed by atoms with E-state index in [-0.39, 0.29) is 35.9 Å². The number of nitrogens with one attached hydrogen (secondary N) is 3. The Labute approximate surface area is 142 Å². The van der Waals surface area contributed by atoms with Gasteiger partial charge in [-0.1, -0.05) is 19.1 Å². The van der Waals surface area contributed by atoms with E-state index < -0.39 is 15.9 Å². The second-order valence-electron chi connectivity index (χ2n) is 5.02. The van der Waals surface area contributed by atoms with Crippen molar-refractivity contribution < 1.29 is 18.0 Å². The molecule has 132 valence electrons. The molecule has 3 N–H and O–H groups in total. The fraction of sp³-hybridized carbons (Fsp3) is 0.375. The van der Waals surface area contributed by atoms with Gasteiger partial charge in [0.1, 0.15) is 0 Å². The zero-order valence-electron chi connectivity index (χ0n) is 13.7. The molecule has 0 heterocycles. The molecule has 0 saturated heterocycles. The molecule has 0 bridgehead atoms. The summed E-state index contributed by atoms with van der Waals surface area (Å²) >= 11 is 0. The molecule has 0 unspecified atom stereocenters. The Morgan fingerprint density at radius 2 is 1.96 bits per heavy atom. The first-order valence-electron chi connectivity index (χ1n) is 7.66. The Morgan fingerprint density at radius 3 is 2.62 bits per heavy atom. The van der Waals surface area contributed by atoms with Crippen molar-refractivity contribution in [2.75, 3.05) is 19.6 Å². The van der Waals surface area contributed by atoms with Crippen LogP contribution in [0.5, 0.6) is 0 Å². The summed E-state index contributed by atoms with van der Waals surface area (Å²) in [5.41, 5.74) is 0.213. The number of rotatable bonds is 10. The highest BCUT2D eigenvalue weighted by molar-refractivity contribution is 7.89. The fourth-order valence-electron chi connectivity index (χ4n) is 1.80. The van der Waals surface area contributed by atoms with Crippen molar-refractivity contribution in [3.8, 4) is 0 Å². The summed E-state index contributed by atoms with van der Waals surface area (Å²) in [7, 11) is -3.69. The molecular weight excluding hydrogens is 330 g/mol. The lowest BCUT2D eigenvalue weighted by Crippen LogP contribution is -2.31. The van der Waals surface area contributed by atoms with E-state index in [2.05, 4.69) is 21.9 Å². The molecule has 24 heavy (non-hydrogen) atoms. The maximum Gasteiger partial charge on any atom is 0.251 e. The van der Waals surface area contributed by atoms with Crippen LogP contribution in [0.4, 0.5) is 0 Å². The molecule has 7 nitrogen and oxygen atoms in total. The van der Waals surface area contributed by atoms with Gasteiger partial charge < -0.3 is 10.6 Å². The van der Waals surface area contributed by atoms with E-state index in [0.29, 0.717) is 6.54 Å². The molecule has 0 aliphatic carbocycles. The largest absolute Gasteiger partial charge is 0.356 e. The molecule has 0 saturated carbocycles. The van der Waals surface area contributed by atoms with Crippen molar-refractivity contribution >= 4 is 21.8 Å². The Balaban J connectivity index is 2.64. The van der Waals surface area contributed by atoms with Crippen molar-refractivity contribution in [1.29, 1.82) is 0 Å². The zero-order valence-corrected chi connectivity index (χ0v) is 14.5. The normalized spacial score (nSPS) is 10.9. The molecule has 0 fully saturated rings. The first-order valence-corrected chi connectivity index (χ1v) is 9.14. The van der Waals surface area contributed by atoms with Crippen LogP contribution in [-0.4, -0.2) is 39.9 Å². The minimum Gasteiger partial charge on any atom is -0.356 e. The first kappa shape index (κ1) is 19.9. The summed E-state index contributed by atoms with van der Waals surface area (Å²) in [4.78, 5) is 23.5. The van der Waals surface area contributed by atoms with Crippen LogP contribution in [-0.2, 0) is 14.8 Å². The smallest absolute Gasteiger partial charge is 0.251 e. The highest BCUT2D eigenvalue weighted by Gasteiger charge is 2.15. The highest BCUT2D eigenvalue weighted by Crippen LogP contribution is 2.11. The number of amides is 2. The third-order valence-electron chi connectivity index (χ3n) is 3.03. The van der Waals surface area contributed by atoms with Gasteiger partial charge in [0.05, 0.1) is 4.90 Å². The number of hydrogen-bond acceptors (Lipinski definition) is 4. The molecular formula is C16H23N3O4S. The molecule has 1 rings (SSSR count). The van der Waals surface area contributed by atoms with E-state index in [9.17, 15) is 18.0 Å². The average molecular weight is 353 g/mol. The van der Waals surface area contributed by atoms with Crippen molar-refractivity contribution in [2.45, 2.75) is 24.7 Å². The van der Waals surface area contributed by atoms with E-state index in [1.807, 2.05) is 6.92 Å². The number of carbonyl (C=O) groups excluding carboxylic acids is 2.